The zero-order chi connectivity index (χ0) is 19.0. The van der Waals surface area contributed by atoms with E-state index in [1.807, 2.05) is 6.07 Å². The maximum atomic E-state index is 12.7. The molecule has 134 valence electrons. The lowest BCUT2D eigenvalue weighted by atomic mass is 10.1. The van der Waals surface area contributed by atoms with E-state index >= 15 is 0 Å². The average molecular weight is 361 g/mol. The van der Waals surface area contributed by atoms with Crippen LogP contribution in [0.15, 0.2) is 53.3 Å². The Balaban J connectivity index is 1.58. The number of amides is 1. The molecule has 0 N–H and O–H groups in total. The quantitative estimate of drug-likeness (QED) is 0.708. The molecule has 3 aromatic rings. The first kappa shape index (κ1) is 16.6. The van der Waals surface area contributed by atoms with E-state index in [1.54, 1.807) is 55.6 Å². The number of ether oxygens (including phenoxy) is 1. The molecule has 2 aromatic carbocycles. The van der Waals surface area contributed by atoms with Gasteiger partial charge in [-0.05, 0) is 42.0 Å². The maximum Gasteiger partial charge on any atom is 0.354 e. The Hall–Kier alpha value is -3.86. The summed E-state index contributed by atoms with van der Waals surface area (Å²) in [6.07, 6.45) is 0. The summed E-state index contributed by atoms with van der Waals surface area (Å²) in [6.45, 7) is 0.459. The minimum Gasteiger partial charge on any atom is -0.497 e. The van der Waals surface area contributed by atoms with Crippen LogP contribution in [-0.4, -0.2) is 27.5 Å². The summed E-state index contributed by atoms with van der Waals surface area (Å²) in [5, 5.41) is 13.2. The van der Waals surface area contributed by atoms with Crippen LogP contribution in [0.4, 0.5) is 10.5 Å². The van der Waals surface area contributed by atoms with Gasteiger partial charge < -0.3 is 4.74 Å². The highest BCUT2D eigenvalue weighted by Crippen LogP contribution is 2.24. The van der Waals surface area contributed by atoms with E-state index in [0.29, 0.717) is 22.8 Å². The van der Waals surface area contributed by atoms with Crippen LogP contribution in [0.2, 0.25) is 0 Å². The van der Waals surface area contributed by atoms with Crippen LogP contribution in [0.1, 0.15) is 17.0 Å². The van der Waals surface area contributed by atoms with E-state index in [9.17, 15) is 9.59 Å². The van der Waals surface area contributed by atoms with Gasteiger partial charge >= 0.3 is 11.7 Å². The number of fused-ring (bicyclic) bond motifs is 1. The standard InChI is InChI=1S/C19H15N5O3/c1-27-16-8-6-15(7-9-16)22-12-17-21-23(19(26)24(17)18(22)25)11-14-4-2-13(10-20)3-5-14/h2-9H,11-12H2,1H3. The second-order valence-electron chi connectivity index (χ2n) is 6.07. The van der Waals surface area contributed by atoms with Crippen LogP contribution in [0.5, 0.6) is 5.75 Å². The van der Waals surface area contributed by atoms with Crippen LogP contribution < -0.4 is 15.3 Å². The largest absolute Gasteiger partial charge is 0.497 e. The molecule has 0 saturated carbocycles. The predicted octanol–water partition coefficient (Wildman–Crippen LogP) is 1.96. The second kappa shape index (κ2) is 6.46. The Morgan fingerprint density at radius 2 is 1.81 bits per heavy atom. The van der Waals surface area contributed by atoms with Crippen molar-refractivity contribution in [3.05, 3.63) is 76.0 Å². The fraction of sp³-hybridized carbons (Fsp3) is 0.158. The van der Waals surface area contributed by atoms with Gasteiger partial charge in [0.05, 0.1) is 31.8 Å². The minimum absolute atomic E-state index is 0.223. The highest BCUT2D eigenvalue weighted by atomic mass is 16.5. The van der Waals surface area contributed by atoms with Crippen LogP contribution in [-0.2, 0) is 13.1 Å². The van der Waals surface area contributed by atoms with E-state index < -0.39 is 11.7 Å². The molecule has 1 aliphatic heterocycles. The molecular formula is C19H15N5O3. The Morgan fingerprint density at radius 1 is 1.11 bits per heavy atom. The summed E-state index contributed by atoms with van der Waals surface area (Å²) in [4.78, 5) is 26.8. The predicted molar refractivity (Wildman–Crippen MR) is 96.7 cm³/mol. The molecular weight excluding hydrogens is 346 g/mol. The van der Waals surface area contributed by atoms with Crippen molar-refractivity contribution in [2.75, 3.05) is 12.0 Å². The number of anilines is 1. The normalized spacial score (nSPS) is 12.7. The lowest BCUT2D eigenvalue weighted by molar-refractivity contribution is 0.250. The van der Waals surface area contributed by atoms with Crippen LogP contribution in [0, 0.1) is 11.3 Å². The lowest BCUT2D eigenvalue weighted by Crippen LogP contribution is -2.34. The number of carbonyl (C=O) groups is 1. The van der Waals surface area contributed by atoms with Crippen LogP contribution in [0.3, 0.4) is 0 Å². The van der Waals surface area contributed by atoms with E-state index in [1.165, 1.54) is 9.58 Å². The van der Waals surface area contributed by atoms with Gasteiger partial charge in [0, 0.05) is 5.69 Å². The van der Waals surface area contributed by atoms with Gasteiger partial charge in [0.1, 0.15) is 5.75 Å². The van der Waals surface area contributed by atoms with Crippen LogP contribution in [0.25, 0.3) is 0 Å². The van der Waals surface area contributed by atoms with Crippen molar-refractivity contribution in [3.63, 3.8) is 0 Å². The van der Waals surface area contributed by atoms with Gasteiger partial charge in [-0.25, -0.2) is 14.3 Å². The molecule has 0 unspecified atom stereocenters. The number of aromatic nitrogens is 3. The van der Waals surface area contributed by atoms with E-state index in [2.05, 4.69) is 5.10 Å². The first-order chi connectivity index (χ1) is 13.1. The van der Waals surface area contributed by atoms with Crippen molar-refractivity contribution in [2.24, 2.45) is 0 Å². The summed E-state index contributed by atoms with van der Waals surface area (Å²) >= 11 is 0. The van der Waals surface area contributed by atoms with Gasteiger partial charge in [0.2, 0.25) is 0 Å². The van der Waals surface area contributed by atoms with Crippen molar-refractivity contribution in [3.8, 4) is 11.8 Å². The van der Waals surface area contributed by atoms with Crippen molar-refractivity contribution < 1.29 is 9.53 Å². The highest BCUT2D eigenvalue weighted by molar-refractivity contribution is 5.96. The third-order valence-corrected chi connectivity index (χ3v) is 4.43. The number of hydrogen-bond acceptors (Lipinski definition) is 5. The number of nitriles is 1. The Bertz CT molecular complexity index is 1100. The molecule has 0 atom stereocenters. The molecule has 27 heavy (non-hydrogen) atoms. The maximum absolute atomic E-state index is 12.7. The SMILES string of the molecule is COc1ccc(N2Cc3nn(Cc4ccc(C#N)cc4)c(=O)n3C2=O)cc1. The van der Waals surface area contributed by atoms with Crippen molar-refractivity contribution in [1.82, 2.24) is 14.3 Å². The molecule has 0 aliphatic carbocycles. The molecule has 1 aromatic heterocycles. The monoisotopic (exact) mass is 361 g/mol. The van der Waals surface area contributed by atoms with E-state index in [4.69, 9.17) is 10.00 Å². The van der Waals surface area contributed by atoms with Crippen molar-refractivity contribution in [2.45, 2.75) is 13.1 Å². The molecule has 8 nitrogen and oxygen atoms in total. The van der Waals surface area contributed by atoms with Gasteiger partial charge in [-0.15, -0.1) is 0 Å². The molecule has 2 heterocycles. The number of carbonyl (C=O) groups excluding carboxylic acids is 1. The fourth-order valence-corrected chi connectivity index (χ4v) is 3.00. The topological polar surface area (TPSA) is 93.2 Å². The number of hydrogen-bond donors (Lipinski definition) is 0. The zero-order valence-corrected chi connectivity index (χ0v) is 14.5. The fourth-order valence-electron chi connectivity index (χ4n) is 3.00. The average Bonchev–Trinajstić information content (AvgIpc) is 3.19. The summed E-state index contributed by atoms with van der Waals surface area (Å²) in [5.74, 6) is 1.09. The van der Waals surface area contributed by atoms with Gasteiger partial charge in [0.25, 0.3) is 0 Å². The van der Waals surface area contributed by atoms with Gasteiger partial charge in [-0.3, -0.25) is 4.90 Å². The third kappa shape index (κ3) is 2.85. The van der Waals surface area contributed by atoms with E-state index in [0.717, 1.165) is 10.1 Å². The highest BCUT2D eigenvalue weighted by Gasteiger charge is 2.33. The Morgan fingerprint density at radius 3 is 2.41 bits per heavy atom. The Kier molecular flexibility index (Phi) is 3.97. The van der Waals surface area contributed by atoms with Crippen molar-refractivity contribution in [1.29, 1.82) is 5.26 Å². The summed E-state index contributed by atoms with van der Waals surface area (Å²) in [6, 6.07) is 15.6. The molecule has 0 saturated heterocycles. The minimum atomic E-state index is -0.477. The summed E-state index contributed by atoms with van der Waals surface area (Å²) in [7, 11) is 1.57. The molecule has 8 heteroatoms. The smallest absolute Gasteiger partial charge is 0.354 e. The zero-order valence-electron chi connectivity index (χ0n) is 14.5. The molecule has 0 spiro atoms. The molecule has 1 aliphatic rings. The van der Waals surface area contributed by atoms with Crippen LogP contribution >= 0.6 is 0 Å². The molecule has 0 fully saturated rings. The van der Waals surface area contributed by atoms with Gasteiger partial charge in [-0.1, -0.05) is 12.1 Å². The number of methoxy groups -OCH3 is 1. The first-order valence-corrected chi connectivity index (χ1v) is 8.24. The lowest BCUT2D eigenvalue weighted by Gasteiger charge is -2.15. The second-order valence-corrected chi connectivity index (χ2v) is 6.07. The first-order valence-electron chi connectivity index (χ1n) is 8.24. The van der Waals surface area contributed by atoms with Gasteiger partial charge in [0.15, 0.2) is 5.82 Å². The number of benzene rings is 2. The molecule has 0 bridgehead atoms. The Labute approximate surface area is 154 Å². The number of rotatable bonds is 4. The summed E-state index contributed by atoms with van der Waals surface area (Å²) < 4.78 is 7.47. The molecule has 0 radical (unpaired) electrons. The summed E-state index contributed by atoms with van der Waals surface area (Å²) in [5.41, 5.74) is 1.57. The molecule has 1 amide bonds. The van der Waals surface area contributed by atoms with Gasteiger partial charge in [-0.2, -0.15) is 14.9 Å². The third-order valence-electron chi connectivity index (χ3n) is 4.43. The van der Waals surface area contributed by atoms with E-state index in [-0.39, 0.29) is 13.1 Å². The number of nitrogens with zero attached hydrogens (tertiary/aromatic N) is 5. The molecule has 4 rings (SSSR count). The van der Waals surface area contributed by atoms with Crippen molar-refractivity contribution >= 4 is 11.7 Å².